The summed E-state index contributed by atoms with van der Waals surface area (Å²) in [6.07, 6.45) is 0. The van der Waals surface area contributed by atoms with Crippen molar-refractivity contribution < 1.29 is 14.3 Å². The molecule has 1 aromatic heterocycles. The maximum absolute atomic E-state index is 11.9. The van der Waals surface area contributed by atoms with Gasteiger partial charge in [-0.05, 0) is 18.2 Å². The first-order valence-corrected chi connectivity index (χ1v) is 8.61. The van der Waals surface area contributed by atoms with Crippen molar-refractivity contribution in [3.8, 4) is 11.3 Å². The van der Waals surface area contributed by atoms with Crippen LogP contribution in [0.15, 0.2) is 60.0 Å². The molecule has 0 saturated carbocycles. The first kappa shape index (κ1) is 17.1. The first-order chi connectivity index (χ1) is 12.1. The molecule has 1 heterocycles. The summed E-state index contributed by atoms with van der Waals surface area (Å²) in [6, 6.07) is 16.0. The second kappa shape index (κ2) is 7.92. The quantitative estimate of drug-likeness (QED) is 0.679. The number of ether oxygens (including phenoxy) is 1. The van der Waals surface area contributed by atoms with Gasteiger partial charge in [0.2, 0.25) is 0 Å². The van der Waals surface area contributed by atoms with Crippen molar-refractivity contribution in [3.05, 3.63) is 70.6 Å². The fourth-order valence-electron chi connectivity index (χ4n) is 2.06. The summed E-state index contributed by atoms with van der Waals surface area (Å²) in [5, 5.41) is 5.34. The minimum Gasteiger partial charge on any atom is -0.452 e. The topological polar surface area (TPSA) is 68.3 Å². The number of hydrogen-bond donors (Lipinski definition) is 1. The smallest absolute Gasteiger partial charge is 0.338 e. The van der Waals surface area contributed by atoms with Gasteiger partial charge in [0.1, 0.15) is 0 Å². The largest absolute Gasteiger partial charge is 0.452 e. The van der Waals surface area contributed by atoms with Crippen LogP contribution < -0.4 is 5.32 Å². The molecule has 0 aliphatic carbocycles. The molecule has 1 N–H and O–H groups in total. The highest BCUT2D eigenvalue weighted by molar-refractivity contribution is 7.14. The zero-order valence-corrected chi connectivity index (χ0v) is 14.5. The number of hydrogen-bond acceptors (Lipinski definition) is 5. The van der Waals surface area contributed by atoms with E-state index in [0.717, 1.165) is 11.3 Å². The van der Waals surface area contributed by atoms with Crippen LogP contribution in [0.1, 0.15) is 10.4 Å². The van der Waals surface area contributed by atoms with E-state index in [-0.39, 0.29) is 0 Å². The SMILES string of the molecule is O=C(COC(=O)c1cccc(Cl)c1)Nc1nc(-c2ccccc2)cs1. The van der Waals surface area contributed by atoms with Crippen molar-refractivity contribution in [1.29, 1.82) is 0 Å². The third-order valence-electron chi connectivity index (χ3n) is 3.21. The van der Waals surface area contributed by atoms with E-state index in [9.17, 15) is 9.59 Å². The molecule has 0 aliphatic heterocycles. The van der Waals surface area contributed by atoms with E-state index in [0.29, 0.717) is 15.7 Å². The number of amides is 1. The molecular weight excluding hydrogens is 360 g/mol. The van der Waals surface area contributed by atoms with Crippen LogP contribution in [0.25, 0.3) is 11.3 Å². The normalized spacial score (nSPS) is 10.3. The highest BCUT2D eigenvalue weighted by Crippen LogP contribution is 2.24. The molecule has 0 atom stereocenters. The van der Waals surface area contributed by atoms with Crippen molar-refractivity contribution in [3.63, 3.8) is 0 Å². The number of nitrogens with zero attached hydrogens (tertiary/aromatic N) is 1. The van der Waals surface area contributed by atoms with Crippen LogP contribution in [0, 0.1) is 0 Å². The molecule has 3 aromatic rings. The van der Waals surface area contributed by atoms with Gasteiger partial charge in [0.15, 0.2) is 11.7 Å². The van der Waals surface area contributed by atoms with Gasteiger partial charge in [-0.25, -0.2) is 9.78 Å². The summed E-state index contributed by atoms with van der Waals surface area (Å²) in [5.41, 5.74) is 2.03. The van der Waals surface area contributed by atoms with Gasteiger partial charge >= 0.3 is 5.97 Å². The van der Waals surface area contributed by atoms with Crippen LogP contribution in [-0.4, -0.2) is 23.5 Å². The summed E-state index contributed by atoms with van der Waals surface area (Å²) in [4.78, 5) is 28.1. The fourth-order valence-corrected chi connectivity index (χ4v) is 2.98. The molecule has 0 aliphatic rings. The van der Waals surface area contributed by atoms with E-state index in [1.807, 2.05) is 35.7 Å². The number of aromatic nitrogens is 1. The van der Waals surface area contributed by atoms with E-state index >= 15 is 0 Å². The van der Waals surface area contributed by atoms with E-state index in [1.54, 1.807) is 18.2 Å². The van der Waals surface area contributed by atoms with Gasteiger partial charge in [-0.15, -0.1) is 11.3 Å². The van der Waals surface area contributed by atoms with Gasteiger partial charge in [0.05, 0.1) is 11.3 Å². The van der Waals surface area contributed by atoms with Gasteiger partial charge in [-0.3, -0.25) is 10.1 Å². The molecule has 0 bridgehead atoms. The number of benzene rings is 2. The van der Waals surface area contributed by atoms with Gasteiger partial charge in [-0.2, -0.15) is 0 Å². The zero-order chi connectivity index (χ0) is 17.6. The van der Waals surface area contributed by atoms with Gasteiger partial charge in [-0.1, -0.05) is 48.0 Å². The van der Waals surface area contributed by atoms with Crippen LogP contribution in [0.5, 0.6) is 0 Å². The molecule has 7 heteroatoms. The molecule has 0 saturated heterocycles. The van der Waals surface area contributed by atoms with E-state index in [4.69, 9.17) is 16.3 Å². The Morgan fingerprint density at radius 2 is 1.92 bits per heavy atom. The van der Waals surface area contributed by atoms with E-state index in [1.165, 1.54) is 17.4 Å². The number of thiazole rings is 1. The third kappa shape index (κ3) is 4.65. The van der Waals surface area contributed by atoms with E-state index < -0.39 is 18.5 Å². The Morgan fingerprint density at radius 1 is 1.12 bits per heavy atom. The van der Waals surface area contributed by atoms with E-state index in [2.05, 4.69) is 10.3 Å². The Labute approximate surface area is 153 Å². The second-order valence-electron chi connectivity index (χ2n) is 5.04. The Balaban J connectivity index is 1.55. The summed E-state index contributed by atoms with van der Waals surface area (Å²) in [5.74, 6) is -1.06. The summed E-state index contributed by atoms with van der Waals surface area (Å²) in [6.45, 7) is -0.397. The van der Waals surface area contributed by atoms with Crippen molar-refractivity contribution in [1.82, 2.24) is 4.98 Å². The van der Waals surface area contributed by atoms with Crippen LogP contribution in [0.4, 0.5) is 5.13 Å². The van der Waals surface area contributed by atoms with Crippen molar-refractivity contribution >= 4 is 39.9 Å². The lowest BCUT2D eigenvalue weighted by atomic mass is 10.2. The van der Waals surface area contributed by atoms with Crippen LogP contribution in [0.2, 0.25) is 5.02 Å². The fraction of sp³-hybridized carbons (Fsp3) is 0.0556. The van der Waals surface area contributed by atoms with Crippen LogP contribution >= 0.6 is 22.9 Å². The van der Waals surface area contributed by atoms with Crippen LogP contribution in [0.3, 0.4) is 0 Å². The number of anilines is 1. The molecule has 3 rings (SSSR count). The number of carbonyl (C=O) groups is 2. The minimum atomic E-state index is -0.609. The highest BCUT2D eigenvalue weighted by Gasteiger charge is 2.12. The average molecular weight is 373 g/mol. The number of nitrogens with one attached hydrogen (secondary N) is 1. The molecule has 5 nitrogen and oxygen atoms in total. The summed E-state index contributed by atoms with van der Waals surface area (Å²) < 4.78 is 4.98. The Bertz CT molecular complexity index is 896. The third-order valence-corrected chi connectivity index (χ3v) is 4.21. The summed E-state index contributed by atoms with van der Waals surface area (Å²) >= 11 is 7.12. The van der Waals surface area contributed by atoms with Crippen molar-refractivity contribution in [2.45, 2.75) is 0 Å². The zero-order valence-electron chi connectivity index (χ0n) is 12.9. The lowest BCUT2D eigenvalue weighted by Crippen LogP contribution is -2.20. The predicted molar refractivity (Wildman–Crippen MR) is 97.9 cm³/mol. The lowest BCUT2D eigenvalue weighted by Gasteiger charge is -2.05. The number of rotatable bonds is 5. The van der Waals surface area contributed by atoms with Crippen LogP contribution in [-0.2, 0) is 9.53 Å². The van der Waals surface area contributed by atoms with Gasteiger partial charge < -0.3 is 4.74 Å². The highest BCUT2D eigenvalue weighted by atomic mass is 35.5. The van der Waals surface area contributed by atoms with Gasteiger partial charge in [0, 0.05) is 16.0 Å². The lowest BCUT2D eigenvalue weighted by molar-refractivity contribution is -0.119. The maximum atomic E-state index is 11.9. The number of carbonyl (C=O) groups excluding carboxylic acids is 2. The Kier molecular flexibility index (Phi) is 5.42. The minimum absolute atomic E-state index is 0.293. The molecule has 0 spiro atoms. The molecule has 0 radical (unpaired) electrons. The number of esters is 1. The second-order valence-corrected chi connectivity index (χ2v) is 6.33. The standard InChI is InChI=1S/C18H13ClN2O3S/c19-14-8-4-7-13(9-14)17(23)24-10-16(22)21-18-20-15(11-25-18)12-5-2-1-3-6-12/h1-9,11H,10H2,(H,20,21,22). The molecule has 25 heavy (non-hydrogen) atoms. The Morgan fingerprint density at radius 3 is 2.68 bits per heavy atom. The van der Waals surface area contributed by atoms with Gasteiger partial charge in [0.25, 0.3) is 5.91 Å². The monoisotopic (exact) mass is 372 g/mol. The Hall–Kier alpha value is -2.70. The maximum Gasteiger partial charge on any atom is 0.338 e. The average Bonchev–Trinajstić information content (AvgIpc) is 3.09. The molecule has 1 amide bonds. The molecular formula is C18H13ClN2O3S. The molecule has 2 aromatic carbocycles. The number of halogens is 1. The molecule has 0 unspecified atom stereocenters. The predicted octanol–water partition coefficient (Wildman–Crippen LogP) is 4.26. The molecule has 0 fully saturated rings. The first-order valence-electron chi connectivity index (χ1n) is 7.35. The van der Waals surface area contributed by atoms with Crippen molar-refractivity contribution in [2.75, 3.05) is 11.9 Å². The summed E-state index contributed by atoms with van der Waals surface area (Å²) in [7, 11) is 0. The molecule has 126 valence electrons. The van der Waals surface area contributed by atoms with Crippen molar-refractivity contribution in [2.24, 2.45) is 0 Å².